The molecule has 0 atom stereocenters. The number of aromatic nitrogens is 3. The molecule has 9 heteroatoms. The van der Waals surface area contributed by atoms with Crippen molar-refractivity contribution in [2.75, 3.05) is 13.6 Å². The molecule has 126 valence electrons. The Kier molecular flexibility index (Phi) is 4.87. The fourth-order valence-electron chi connectivity index (χ4n) is 2.05. The first-order chi connectivity index (χ1) is 11.3. The van der Waals surface area contributed by atoms with Gasteiger partial charge in [0.05, 0.1) is 35.5 Å². The molecule has 0 aliphatic carbocycles. The van der Waals surface area contributed by atoms with Crippen LogP contribution in [0.4, 0.5) is 13.2 Å². The fraction of sp³-hybridized carbons (Fsp3) is 0.333. The van der Waals surface area contributed by atoms with E-state index in [1.54, 1.807) is 14.0 Å². The zero-order valence-electron chi connectivity index (χ0n) is 13.0. The second kappa shape index (κ2) is 6.70. The summed E-state index contributed by atoms with van der Waals surface area (Å²) < 4.78 is 39.0. The van der Waals surface area contributed by atoms with Crippen LogP contribution in [0, 0.1) is 18.3 Å². The minimum absolute atomic E-state index is 0.180. The van der Waals surface area contributed by atoms with Crippen LogP contribution >= 0.6 is 0 Å². The molecule has 0 fully saturated rings. The molecule has 1 amide bonds. The van der Waals surface area contributed by atoms with Crippen LogP contribution in [0.15, 0.2) is 24.5 Å². The number of rotatable bonds is 4. The van der Waals surface area contributed by atoms with Crippen molar-refractivity contribution in [1.29, 1.82) is 5.26 Å². The number of hydrogen-bond donors (Lipinski definition) is 0. The van der Waals surface area contributed by atoms with Gasteiger partial charge in [-0.2, -0.15) is 23.5 Å². The molecule has 0 bridgehead atoms. The second-order valence-electron chi connectivity index (χ2n) is 5.09. The van der Waals surface area contributed by atoms with Crippen LogP contribution < -0.4 is 0 Å². The van der Waals surface area contributed by atoms with Crippen molar-refractivity contribution in [3.63, 3.8) is 0 Å². The Hall–Kier alpha value is -2.89. The third-order valence-electron chi connectivity index (χ3n) is 3.44. The second-order valence-corrected chi connectivity index (χ2v) is 5.09. The normalized spacial score (nSPS) is 11.2. The monoisotopic (exact) mass is 337 g/mol. The highest BCUT2D eigenvalue weighted by Gasteiger charge is 2.30. The third-order valence-corrected chi connectivity index (χ3v) is 3.44. The molecule has 0 saturated heterocycles. The lowest BCUT2D eigenvalue weighted by molar-refractivity contribution is -0.137. The summed E-state index contributed by atoms with van der Waals surface area (Å²) in [5.74, 6) is -0.139. The summed E-state index contributed by atoms with van der Waals surface area (Å²) in [5, 5.41) is 12.6. The lowest BCUT2D eigenvalue weighted by atomic mass is 10.2. The van der Waals surface area contributed by atoms with Gasteiger partial charge in [-0.15, -0.1) is 0 Å². The molecule has 0 spiro atoms. The first kappa shape index (κ1) is 17.5. The highest BCUT2D eigenvalue weighted by atomic mass is 19.4. The predicted molar refractivity (Wildman–Crippen MR) is 78.3 cm³/mol. The van der Waals surface area contributed by atoms with E-state index in [0.717, 1.165) is 12.3 Å². The Bertz CT molecular complexity index is 774. The van der Waals surface area contributed by atoms with E-state index in [-0.39, 0.29) is 24.7 Å². The van der Waals surface area contributed by atoms with Crippen LogP contribution in [0.3, 0.4) is 0 Å². The maximum Gasteiger partial charge on any atom is 0.417 e. The van der Waals surface area contributed by atoms with Crippen LogP contribution in [-0.4, -0.2) is 39.2 Å². The molecule has 24 heavy (non-hydrogen) atoms. The number of halogens is 3. The molecule has 0 unspecified atom stereocenters. The SMILES string of the molecule is Cc1c(C(=O)N(C)CCC#N)cnn1-c1ccc(C(F)(F)F)cn1. The van der Waals surface area contributed by atoms with Crippen molar-refractivity contribution in [2.45, 2.75) is 19.5 Å². The Morgan fingerprint density at radius 3 is 2.62 bits per heavy atom. The minimum atomic E-state index is -4.46. The first-order valence-corrected chi connectivity index (χ1v) is 6.96. The zero-order valence-corrected chi connectivity index (χ0v) is 13.0. The maximum atomic E-state index is 12.6. The molecule has 6 nitrogen and oxygen atoms in total. The minimum Gasteiger partial charge on any atom is -0.341 e. The number of hydrogen-bond acceptors (Lipinski definition) is 4. The molecule has 2 aromatic heterocycles. The Morgan fingerprint density at radius 2 is 2.08 bits per heavy atom. The fourth-order valence-corrected chi connectivity index (χ4v) is 2.05. The molecule has 0 saturated carbocycles. The third kappa shape index (κ3) is 3.53. The van der Waals surface area contributed by atoms with Gasteiger partial charge in [0, 0.05) is 19.8 Å². The van der Waals surface area contributed by atoms with E-state index < -0.39 is 11.7 Å². The molecule has 0 aliphatic heterocycles. The summed E-state index contributed by atoms with van der Waals surface area (Å²) >= 11 is 0. The summed E-state index contributed by atoms with van der Waals surface area (Å²) in [7, 11) is 1.56. The largest absolute Gasteiger partial charge is 0.417 e. The molecular formula is C15H14F3N5O. The molecule has 0 radical (unpaired) electrons. The summed E-state index contributed by atoms with van der Waals surface area (Å²) in [6.45, 7) is 1.90. The van der Waals surface area contributed by atoms with Crippen molar-refractivity contribution in [2.24, 2.45) is 0 Å². The number of carbonyl (C=O) groups excluding carboxylic acids is 1. The summed E-state index contributed by atoms with van der Waals surface area (Å²) in [4.78, 5) is 17.4. The number of nitriles is 1. The molecule has 0 aliphatic rings. The smallest absolute Gasteiger partial charge is 0.341 e. The van der Waals surface area contributed by atoms with Gasteiger partial charge in [0.2, 0.25) is 0 Å². The van der Waals surface area contributed by atoms with E-state index in [9.17, 15) is 18.0 Å². The quantitative estimate of drug-likeness (QED) is 0.859. The maximum absolute atomic E-state index is 12.6. The Morgan fingerprint density at radius 1 is 1.38 bits per heavy atom. The number of amides is 1. The average molecular weight is 337 g/mol. The van der Waals surface area contributed by atoms with Gasteiger partial charge < -0.3 is 4.90 Å². The summed E-state index contributed by atoms with van der Waals surface area (Å²) in [6, 6.07) is 4.05. The van der Waals surface area contributed by atoms with Gasteiger partial charge in [-0.25, -0.2) is 9.67 Å². The lowest BCUT2D eigenvalue weighted by Crippen LogP contribution is -2.27. The van der Waals surface area contributed by atoms with E-state index in [4.69, 9.17) is 5.26 Å². The Balaban J connectivity index is 2.27. The topological polar surface area (TPSA) is 74.8 Å². The van der Waals surface area contributed by atoms with Gasteiger partial charge in [-0.1, -0.05) is 0 Å². The van der Waals surface area contributed by atoms with Crippen LogP contribution in [-0.2, 0) is 6.18 Å². The van der Waals surface area contributed by atoms with Crippen LogP contribution in [0.5, 0.6) is 0 Å². The molecular weight excluding hydrogens is 323 g/mol. The number of pyridine rings is 1. The van der Waals surface area contributed by atoms with Gasteiger partial charge in [0.15, 0.2) is 5.82 Å². The van der Waals surface area contributed by atoms with Gasteiger partial charge in [-0.05, 0) is 19.1 Å². The van der Waals surface area contributed by atoms with Crippen molar-refractivity contribution in [1.82, 2.24) is 19.7 Å². The van der Waals surface area contributed by atoms with Crippen molar-refractivity contribution in [3.8, 4) is 11.9 Å². The van der Waals surface area contributed by atoms with Crippen molar-refractivity contribution < 1.29 is 18.0 Å². The van der Waals surface area contributed by atoms with E-state index in [2.05, 4.69) is 10.1 Å². The van der Waals surface area contributed by atoms with E-state index in [1.807, 2.05) is 6.07 Å². The summed E-state index contributed by atoms with van der Waals surface area (Å²) in [6.07, 6.45) is -2.21. The number of carbonyl (C=O) groups is 1. The van der Waals surface area contributed by atoms with E-state index in [0.29, 0.717) is 11.3 Å². The van der Waals surface area contributed by atoms with Gasteiger partial charge in [0.25, 0.3) is 5.91 Å². The van der Waals surface area contributed by atoms with Crippen LogP contribution in [0.25, 0.3) is 5.82 Å². The predicted octanol–water partition coefficient (Wildman–Crippen LogP) is 2.58. The standard InChI is InChI=1S/C15H14F3N5O/c1-10-12(14(24)22(2)7-3-6-19)9-21-23(10)13-5-4-11(8-20-13)15(16,17)18/h4-5,8-9H,3,7H2,1-2H3. The van der Waals surface area contributed by atoms with E-state index in [1.165, 1.54) is 21.8 Å². The molecule has 0 aromatic carbocycles. The molecule has 0 N–H and O–H groups in total. The lowest BCUT2D eigenvalue weighted by Gasteiger charge is -2.15. The van der Waals surface area contributed by atoms with Gasteiger partial charge in [0.1, 0.15) is 0 Å². The van der Waals surface area contributed by atoms with Crippen LogP contribution in [0.2, 0.25) is 0 Å². The zero-order chi connectivity index (χ0) is 17.9. The Labute approximate surface area is 136 Å². The molecule has 2 heterocycles. The number of nitrogens with zero attached hydrogens (tertiary/aromatic N) is 5. The summed E-state index contributed by atoms with van der Waals surface area (Å²) in [5.41, 5.74) is -0.100. The highest BCUT2D eigenvalue weighted by Crippen LogP contribution is 2.28. The van der Waals surface area contributed by atoms with Crippen molar-refractivity contribution in [3.05, 3.63) is 41.3 Å². The first-order valence-electron chi connectivity index (χ1n) is 6.96. The molecule has 2 aromatic rings. The van der Waals surface area contributed by atoms with Gasteiger partial charge >= 0.3 is 6.18 Å². The van der Waals surface area contributed by atoms with E-state index >= 15 is 0 Å². The number of alkyl halides is 3. The molecule has 2 rings (SSSR count). The highest BCUT2D eigenvalue weighted by molar-refractivity contribution is 5.95. The average Bonchev–Trinajstić information content (AvgIpc) is 2.92. The van der Waals surface area contributed by atoms with Crippen molar-refractivity contribution >= 4 is 5.91 Å². The van der Waals surface area contributed by atoms with Gasteiger partial charge in [-0.3, -0.25) is 4.79 Å². The van der Waals surface area contributed by atoms with Crippen LogP contribution in [0.1, 0.15) is 28.0 Å².